The minimum absolute atomic E-state index is 0.00787. The molecule has 31 heavy (non-hydrogen) atoms. The van der Waals surface area contributed by atoms with Crippen molar-refractivity contribution in [2.75, 3.05) is 14.2 Å². The Kier molecular flexibility index (Phi) is 5.62. The first-order valence-electron chi connectivity index (χ1n) is 10.1. The molecule has 3 aromatic carbocycles. The average Bonchev–Trinajstić information content (AvgIpc) is 3.17. The van der Waals surface area contributed by atoms with Crippen LogP contribution in [0.4, 0.5) is 0 Å². The molecule has 0 fully saturated rings. The molecule has 0 radical (unpaired) electrons. The van der Waals surface area contributed by atoms with Gasteiger partial charge in [0.2, 0.25) is 5.91 Å². The van der Waals surface area contributed by atoms with E-state index in [1.807, 2.05) is 55.5 Å². The number of carbonyl (C=O) groups is 1. The molecule has 1 amide bonds. The molecular formula is C25H24N2O4. The molecule has 0 saturated heterocycles. The molecule has 6 heteroatoms. The molecule has 0 bridgehead atoms. The Morgan fingerprint density at radius 2 is 1.84 bits per heavy atom. The van der Waals surface area contributed by atoms with E-state index in [2.05, 4.69) is 4.98 Å². The SMILES string of the molecule is COc1ccccc1-c1ccc(C(C)N(C)C(=O)Cc2ccc3oc(=O)[nH]c3c2)cc1. The highest BCUT2D eigenvalue weighted by atomic mass is 16.5. The minimum atomic E-state index is -0.499. The molecule has 0 spiro atoms. The summed E-state index contributed by atoms with van der Waals surface area (Å²) >= 11 is 0. The molecule has 0 saturated carbocycles. The van der Waals surface area contributed by atoms with E-state index in [-0.39, 0.29) is 18.4 Å². The first-order valence-corrected chi connectivity index (χ1v) is 10.1. The highest BCUT2D eigenvalue weighted by Gasteiger charge is 2.18. The van der Waals surface area contributed by atoms with E-state index in [9.17, 15) is 9.59 Å². The van der Waals surface area contributed by atoms with Gasteiger partial charge in [-0.15, -0.1) is 0 Å². The Balaban J connectivity index is 1.48. The lowest BCUT2D eigenvalue weighted by molar-refractivity contribution is -0.131. The van der Waals surface area contributed by atoms with Gasteiger partial charge in [0.15, 0.2) is 5.58 Å². The number of nitrogens with zero attached hydrogens (tertiary/aromatic N) is 1. The van der Waals surface area contributed by atoms with E-state index in [4.69, 9.17) is 9.15 Å². The van der Waals surface area contributed by atoms with Crippen LogP contribution in [0.15, 0.2) is 75.9 Å². The maximum atomic E-state index is 12.9. The number of nitrogens with one attached hydrogen (secondary N) is 1. The second-order valence-electron chi connectivity index (χ2n) is 7.52. The summed E-state index contributed by atoms with van der Waals surface area (Å²) in [6, 6.07) is 21.3. The Hall–Kier alpha value is -3.80. The number of hydrogen-bond donors (Lipinski definition) is 1. The highest BCUT2D eigenvalue weighted by Crippen LogP contribution is 2.31. The van der Waals surface area contributed by atoms with Gasteiger partial charge in [-0.3, -0.25) is 9.78 Å². The molecule has 1 unspecified atom stereocenters. The quantitative estimate of drug-likeness (QED) is 0.500. The molecule has 4 aromatic rings. The lowest BCUT2D eigenvalue weighted by Gasteiger charge is -2.26. The predicted molar refractivity (Wildman–Crippen MR) is 120 cm³/mol. The lowest BCUT2D eigenvalue weighted by Crippen LogP contribution is -2.30. The van der Waals surface area contributed by atoms with Gasteiger partial charge in [-0.2, -0.15) is 0 Å². The van der Waals surface area contributed by atoms with Crippen molar-refractivity contribution >= 4 is 17.0 Å². The fraction of sp³-hybridized carbons (Fsp3) is 0.200. The van der Waals surface area contributed by atoms with E-state index in [0.29, 0.717) is 11.1 Å². The van der Waals surface area contributed by atoms with Crippen LogP contribution in [0.3, 0.4) is 0 Å². The van der Waals surface area contributed by atoms with Gasteiger partial charge in [0.1, 0.15) is 5.75 Å². The number of fused-ring (bicyclic) bond motifs is 1. The number of oxazole rings is 1. The number of carbonyl (C=O) groups excluding carboxylic acids is 1. The maximum Gasteiger partial charge on any atom is 0.417 e. The number of hydrogen-bond acceptors (Lipinski definition) is 4. The average molecular weight is 416 g/mol. The summed E-state index contributed by atoms with van der Waals surface area (Å²) in [7, 11) is 3.47. The number of aromatic amines is 1. The maximum absolute atomic E-state index is 12.9. The zero-order valence-corrected chi connectivity index (χ0v) is 17.7. The van der Waals surface area contributed by atoms with Crippen molar-refractivity contribution in [3.63, 3.8) is 0 Å². The molecule has 0 aliphatic rings. The molecule has 1 atom stereocenters. The third-order valence-corrected chi connectivity index (χ3v) is 5.62. The monoisotopic (exact) mass is 416 g/mol. The Morgan fingerprint density at radius 1 is 1.10 bits per heavy atom. The van der Waals surface area contributed by atoms with Gasteiger partial charge in [-0.25, -0.2) is 4.79 Å². The van der Waals surface area contributed by atoms with Crippen LogP contribution < -0.4 is 10.5 Å². The number of para-hydroxylation sites is 1. The number of amides is 1. The first-order chi connectivity index (χ1) is 15.0. The molecule has 1 heterocycles. The van der Waals surface area contributed by atoms with Crippen LogP contribution in [-0.2, 0) is 11.2 Å². The zero-order chi connectivity index (χ0) is 22.0. The van der Waals surface area contributed by atoms with Gasteiger partial charge in [0.25, 0.3) is 0 Å². The summed E-state index contributed by atoms with van der Waals surface area (Å²) in [5.41, 5.74) is 5.03. The topological polar surface area (TPSA) is 75.5 Å². The number of ether oxygens (including phenoxy) is 1. The van der Waals surface area contributed by atoms with Crippen LogP contribution in [0.2, 0.25) is 0 Å². The van der Waals surface area contributed by atoms with Gasteiger partial charge in [0, 0.05) is 12.6 Å². The van der Waals surface area contributed by atoms with Crippen molar-refractivity contribution in [2.24, 2.45) is 0 Å². The molecule has 158 valence electrons. The normalized spacial score (nSPS) is 12.0. The van der Waals surface area contributed by atoms with Crippen LogP contribution in [0.1, 0.15) is 24.1 Å². The van der Waals surface area contributed by atoms with Gasteiger partial charge in [-0.1, -0.05) is 48.5 Å². The number of rotatable bonds is 6. The molecule has 0 aliphatic carbocycles. The predicted octanol–water partition coefficient (Wildman–Crippen LogP) is 4.56. The van der Waals surface area contributed by atoms with E-state index >= 15 is 0 Å². The Labute approximate surface area is 180 Å². The molecule has 0 aliphatic heterocycles. The highest BCUT2D eigenvalue weighted by molar-refractivity contribution is 5.81. The summed E-state index contributed by atoms with van der Waals surface area (Å²) in [5, 5.41) is 0. The van der Waals surface area contributed by atoms with Crippen LogP contribution in [0, 0.1) is 0 Å². The standard InChI is InChI=1S/C25H24N2O4/c1-16(18-9-11-19(12-10-18)20-6-4-5-7-22(20)30-3)27(2)24(28)15-17-8-13-23-21(14-17)26-25(29)31-23/h4-14,16H,15H2,1-3H3,(H,26,29). The Bertz CT molecular complexity index is 1270. The minimum Gasteiger partial charge on any atom is -0.496 e. The van der Waals surface area contributed by atoms with Crippen molar-refractivity contribution in [3.8, 4) is 16.9 Å². The van der Waals surface area contributed by atoms with Gasteiger partial charge in [-0.05, 0) is 41.8 Å². The van der Waals surface area contributed by atoms with Gasteiger partial charge in [0.05, 0.1) is 25.1 Å². The molecule has 1 N–H and O–H groups in total. The lowest BCUT2D eigenvalue weighted by atomic mass is 10.00. The zero-order valence-electron chi connectivity index (χ0n) is 17.7. The van der Waals surface area contributed by atoms with Crippen LogP contribution in [-0.4, -0.2) is 29.9 Å². The number of H-pyrrole nitrogens is 1. The van der Waals surface area contributed by atoms with E-state index < -0.39 is 5.76 Å². The van der Waals surface area contributed by atoms with E-state index in [0.717, 1.165) is 28.0 Å². The molecule has 4 rings (SSSR count). The van der Waals surface area contributed by atoms with E-state index in [1.165, 1.54) is 0 Å². The fourth-order valence-corrected chi connectivity index (χ4v) is 3.67. The third kappa shape index (κ3) is 4.23. The van der Waals surface area contributed by atoms with Gasteiger partial charge >= 0.3 is 5.76 Å². The van der Waals surface area contributed by atoms with Crippen molar-refractivity contribution < 1.29 is 13.9 Å². The third-order valence-electron chi connectivity index (χ3n) is 5.62. The van der Waals surface area contributed by atoms with Crippen molar-refractivity contribution in [3.05, 3.63) is 88.4 Å². The second-order valence-corrected chi connectivity index (χ2v) is 7.52. The van der Waals surface area contributed by atoms with Crippen molar-refractivity contribution in [1.82, 2.24) is 9.88 Å². The van der Waals surface area contributed by atoms with Crippen LogP contribution >= 0.6 is 0 Å². The first kappa shape index (κ1) is 20.5. The summed E-state index contributed by atoms with van der Waals surface area (Å²) in [6.45, 7) is 2.01. The van der Waals surface area contributed by atoms with Gasteiger partial charge < -0.3 is 14.1 Å². The molecule has 6 nitrogen and oxygen atoms in total. The second kappa shape index (κ2) is 8.52. The molecular weight excluding hydrogens is 392 g/mol. The summed E-state index contributed by atoms with van der Waals surface area (Å²) < 4.78 is 10.5. The fourth-order valence-electron chi connectivity index (χ4n) is 3.67. The van der Waals surface area contributed by atoms with Crippen LogP contribution in [0.25, 0.3) is 22.2 Å². The summed E-state index contributed by atoms with van der Waals surface area (Å²) in [5.74, 6) is 0.318. The summed E-state index contributed by atoms with van der Waals surface area (Å²) in [6.07, 6.45) is 0.239. The van der Waals surface area contributed by atoms with E-state index in [1.54, 1.807) is 37.3 Å². The largest absolute Gasteiger partial charge is 0.496 e. The van der Waals surface area contributed by atoms with Crippen molar-refractivity contribution in [2.45, 2.75) is 19.4 Å². The Morgan fingerprint density at radius 3 is 2.58 bits per heavy atom. The number of aromatic nitrogens is 1. The number of likely N-dealkylation sites (N-methyl/N-ethyl adjacent to an activating group) is 1. The smallest absolute Gasteiger partial charge is 0.417 e. The number of benzene rings is 3. The summed E-state index contributed by atoms with van der Waals surface area (Å²) in [4.78, 5) is 28.5. The van der Waals surface area contributed by atoms with Crippen LogP contribution in [0.5, 0.6) is 5.75 Å². The van der Waals surface area contributed by atoms with Crippen molar-refractivity contribution in [1.29, 1.82) is 0 Å². The number of methoxy groups -OCH3 is 1. The molecule has 1 aromatic heterocycles.